The van der Waals surface area contributed by atoms with E-state index in [1.54, 1.807) is 0 Å². The number of thiocarbonyl (C=S) groups is 1. The molecule has 8 heteroatoms. The summed E-state index contributed by atoms with van der Waals surface area (Å²) in [6.45, 7) is 0. The molecule has 0 bridgehead atoms. The van der Waals surface area contributed by atoms with E-state index >= 15 is 0 Å². The average Bonchev–Trinajstić information content (AvgIpc) is 2.09. The highest BCUT2D eigenvalue weighted by molar-refractivity contribution is 9.10. The Kier molecular flexibility index (Phi) is 4.22. The summed E-state index contributed by atoms with van der Waals surface area (Å²) in [4.78, 5) is -0.181. The Morgan fingerprint density at radius 1 is 1.56 bits per heavy atom. The highest BCUT2D eigenvalue weighted by Crippen LogP contribution is 2.26. The van der Waals surface area contributed by atoms with E-state index in [1.165, 1.54) is 12.1 Å². The Hall–Kier alpha value is -0.730. The molecule has 0 radical (unpaired) electrons. The van der Waals surface area contributed by atoms with Crippen molar-refractivity contribution in [2.45, 2.75) is 0 Å². The molecule has 0 amide bonds. The van der Waals surface area contributed by atoms with Crippen LogP contribution in [0.5, 0.6) is 0 Å². The van der Waals surface area contributed by atoms with Gasteiger partial charge < -0.3 is 5.73 Å². The van der Waals surface area contributed by atoms with E-state index in [-0.39, 0.29) is 10.7 Å². The Labute approximate surface area is 106 Å². The van der Waals surface area contributed by atoms with Crippen LogP contribution in [0.3, 0.4) is 0 Å². The second-order valence-corrected chi connectivity index (χ2v) is 6.03. The van der Waals surface area contributed by atoms with Crippen LogP contribution in [-0.2, 0) is 10.0 Å². The van der Waals surface area contributed by atoms with Gasteiger partial charge in [-0.3, -0.25) is 4.72 Å². The summed E-state index contributed by atoms with van der Waals surface area (Å²) in [7, 11) is -3.77. The van der Waals surface area contributed by atoms with Crippen molar-refractivity contribution < 1.29 is 12.8 Å². The summed E-state index contributed by atoms with van der Waals surface area (Å²) in [6, 6.07) is 4.11. The lowest BCUT2D eigenvalue weighted by Crippen LogP contribution is -2.26. The zero-order valence-corrected chi connectivity index (χ0v) is 11.1. The summed E-state index contributed by atoms with van der Waals surface area (Å²) in [6.07, 6.45) is 0. The minimum absolute atomic E-state index is 0.154. The number of sulfonamides is 1. The van der Waals surface area contributed by atoms with Gasteiger partial charge in [0.1, 0.15) is 11.6 Å². The fourth-order valence-corrected chi connectivity index (χ4v) is 2.98. The third kappa shape index (κ3) is 3.69. The molecule has 0 aliphatic rings. The van der Waals surface area contributed by atoms with Gasteiger partial charge in [-0.25, -0.2) is 12.8 Å². The molecule has 3 N–H and O–H groups in total. The number of rotatable bonds is 4. The van der Waals surface area contributed by atoms with Gasteiger partial charge in [-0.1, -0.05) is 18.3 Å². The van der Waals surface area contributed by atoms with Crippen LogP contribution < -0.4 is 10.5 Å². The van der Waals surface area contributed by atoms with Gasteiger partial charge in [0, 0.05) is 4.47 Å². The van der Waals surface area contributed by atoms with Gasteiger partial charge in [-0.2, -0.15) is 0 Å². The van der Waals surface area contributed by atoms with Crippen LogP contribution >= 0.6 is 28.1 Å². The molecular formula is C8H8BrFN2O2S2. The molecule has 88 valence electrons. The predicted molar refractivity (Wildman–Crippen MR) is 68.3 cm³/mol. The summed E-state index contributed by atoms with van der Waals surface area (Å²) < 4.78 is 38.6. The number of benzene rings is 1. The van der Waals surface area contributed by atoms with Crippen molar-refractivity contribution in [2.75, 3.05) is 10.5 Å². The molecule has 1 aromatic carbocycles. The zero-order chi connectivity index (χ0) is 12.3. The summed E-state index contributed by atoms with van der Waals surface area (Å²) >= 11 is 7.51. The normalized spacial score (nSPS) is 11.1. The molecule has 16 heavy (non-hydrogen) atoms. The molecule has 0 heterocycles. The highest BCUT2D eigenvalue weighted by atomic mass is 79.9. The molecule has 0 saturated carbocycles. The number of hydrogen-bond acceptors (Lipinski definition) is 3. The smallest absolute Gasteiger partial charge is 0.239 e. The second kappa shape index (κ2) is 5.07. The van der Waals surface area contributed by atoms with Crippen molar-refractivity contribution in [1.29, 1.82) is 0 Å². The molecule has 0 fully saturated rings. The Morgan fingerprint density at radius 3 is 2.69 bits per heavy atom. The average molecular weight is 327 g/mol. The Morgan fingerprint density at radius 2 is 2.19 bits per heavy atom. The van der Waals surface area contributed by atoms with E-state index in [9.17, 15) is 12.8 Å². The lowest BCUT2D eigenvalue weighted by Gasteiger charge is -2.09. The first-order valence-electron chi connectivity index (χ1n) is 4.04. The Balaban J connectivity index is 3.01. The van der Waals surface area contributed by atoms with Crippen LogP contribution in [0.15, 0.2) is 22.7 Å². The van der Waals surface area contributed by atoms with Crippen molar-refractivity contribution >= 4 is 48.8 Å². The van der Waals surface area contributed by atoms with Gasteiger partial charge in [-0.15, -0.1) is 0 Å². The quantitative estimate of drug-likeness (QED) is 0.825. The van der Waals surface area contributed by atoms with E-state index in [1.807, 2.05) is 0 Å². The first-order valence-corrected chi connectivity index (χ1v) is 6.90. The molecule has 0 aliphatic carbocycles. The summed E-state index contributed by atoms with van der Waals surface area (Å²) in [5.41, 5.74) is 4.96. The molecule has 0 spiro atoms. The van der Waals surface area contributed by atoms with E-state index in [0.29, 0.717) is 4.47 Å². The van der Waals surface area contributed by atoms with Gasteiger partial charge in [0.05, 0.1) is 10.7 Å². The van der Waals surface area contributed by atoms with Crippen molar-refractivity contribution in [3.05, 3.63) is 28.5 Å². The summed E-state index contributed by atoms with van der Waals surface area (Å²) in [5.74, 6) is -1.20. The van der Waals surface area contributed by atoms with Gasteiger partial charge in [0.25, 0.3) is 0 Å². The molecule has 0 aliphatic heterocycles. The van der Waals surface area contributed by atoms with Crippen LogP contribution in [0.4, 0.5) is 10.1 Å². The topological polar surface area (TPSA) is 72.2 Å². The largest absolute Gasteiger partial charge is 0.392 e. The SMILES string of the molecule is NC(=S)CS(=O)(=O)Nc1c(F)cccc1Br. The van der Waals surface area contributed by atoms with Crippen molar-refractivity contribution in [2.24, 2.45) is 5.73 Å². The molecule has 0 atom stereocenters. The minimum Gasteiger partial charge on any atom is -0.392 e. The number of para-hydroxylation sites is 1. The zero-order valence-electron chi connectivity index (χ0n) is 7.91. The molecule has 4 nitrogen and oxygen atoms in total. The number of anilines is 1. The highest BCUT2D eigenvalue weighted by Gasteiger charge is 2.16. The first kappa shape index (κ1) is 13.3. The first-order chi connectivity index (χ1) is 7.32. The van der Waals surface area contributed by atoms with Crippen molar-refractivity contribution in [3.8, 4) is 0 Å². The van der Waals surface area contributed by atoms with E-state index in [2.05, 4.69) is 32.9 Å². The van der Waals surface area contributed by atoms with Crippen molar-refractivity contribution in [1.82, 2.24) is 0 Å². The van der Waals surface area contributed by atoms with Crippen LogP contribution in [0, 0.1) is 5.82 Å². The number of halogens is 2. The maximum Gasteiger partial charge on any atom is 0.239 e. The molecule has 1 rings (SSSR count). The van der Waals surface area contributed by atoms with Gasteiger partial charge >= 0.3 is 0 Å². The van der Waals surface area contributed by atoms with E-state index < -0.39 is 21.6 Å². The second-order valence-electron chi connectivity index (χ2n) is 2.92. The van der Waals surface area contributed by atoms with Gasteiger partial charge in [-0.05, 0) is 28.1 Å². The maximum atomic E-state index is 13.3. The number of nitrogens with one attached hydrogen (secondary N) is 1. The molecule has 0 unspecified atom stereocenters. The van der Waals surface area contributed by atoms with Crippen molar-refractivity contribution in [3.63, 3.8) is 0 Å². The molecule has 0 aromatic heterocycles. The predicted octanol–water partition coefficient (Wildman–Crippen LogP) is 1.62. The fraction of sp³-hybridized carbons (Fsp3) is 0.125. The third-order valence-corrected chi connectivity index (χ3v) is 3.75. The monoisotopic (exact) mass is 326 g/mol. The standard InChI is InChI=1S/C8H8BrFN2O2S2/c9-5-2-1-3-6(10)8(5)12-16(13,14)4-7(11)15/h1-3,12H,4H2,(H2,11,15). The molecule has 0 saturated heterocycles. The third-order valence-electron chi connectivity index (χ3n) is 1.55. The van der Waals surface area contributed by atoms with Crippen LogP contribution in [0.2, 0.25) is 0 Å². The van der Waals surface area contributed by atoms with E-state index in [0.717, 1.165) is 6.07 Å². The lowest BCUT2D eigenvalue weighted by molar-refractivity contribution is 0.602. The molecular weight excluding hydrogens is 319 g/mol. The van der Waals surface area contributed by atoms with E-state index in [4.69, 9.17) is 5.73 Å². The fourth-order valence-electron chi connectivity index (χ4n) is 0.974. The van der Waals surface area contributed by atoms with Crippen LogP contribution in [0.1, 0.15) is 0 Å². The van der Waals surface area contributed by atoms with Crippen LogP contribution in [-0.4, -0.2) is 19.2 Å². The lowest BCUT2D eigenvalue weighted by atomic mass is 10.3. The van der Waals surface area contributed by atoms with Gasteiger partial charge in [0.2, 0.25) is 10.0 Å². The maximum absolute atomic E-state index is 13.3. The van der Waals surface area contributed by atoms with Crippen LogP contribution in [0.25, 0.3) is 0 Å². The summed E-state index contributed by atoms with van der Waals surface area (Å²) in [5, 5.41) is 0. The van der Waals surface area contributed by atoms with Gasteiger partial charge in [0.15, 0.2) is 0 Å². The number of nitrogens with two attached hydrogens (primary N) is 1. The number of hydrogen-bond donors (Lipinski definition) is 2. The molecule has 1 aromatic rings. The minimum atomic E-state index is -3.77. The Bertz CT molecular complexity index is 499.